The number of carbonyl (C=O) groups is 2. The van der Waals surface area contributed by atoms with E-state index in [2.05, 4.69) is 15.3 Å². The van der Waals surface area contributed by atoms with Crippen molar-refractivity contribution in [2.24, 2.45) is 0 Å². The third kappa shape index (κ3) is 4.37. The number of non-ortho nitro benzene ring substituents is 1. The maximum Gasteiger partial charge on any atom is 0.336 e. The van der Waals surface area contributed by atoms with Crippen LogP contribution in [0.3, 0.4) is 0 Å². The van der Waals surface area contributed by atoms with Gasteiger partial charge < -0.3 is 26.3 Å². The summed E-state index contributed by atoms with van der Waals surface area (Å²) in [7, 11) is 0. The number of benzene rings is 1. The number of hydrogen-bond acceptors (Lipinski definition) is 11. The van der Waals surface area contributed by atoms with Crippen molar-refractivity contribution in [1.82, 2.24) is 9.97 Å². The van der Waals surface area contributed by atoms with E-state index >= 15 is 0 Å². The topological polar surface area (TPSA) is 186 Å². The van der Waals surface area contributed by atoms with Gasteiger partial charge in [0, 0.05) is 24.6 Å². The Labute approximate surface area is 176 Å². The Morgan fingerprint density at radius 2 is 2.00 bits per heavy atom. The van der Waals surface area contributed by atoms with Crippen LogP contribution in [0.1, 0.15) is 30.9 Å². The van der Waals surface area contributed by atoms with Crippen LogP contribution in [0.4, 0.5) is 23.3 Å². The summed E-state index contributed by atoms with van der Waals surface area (Å²) < 4.78 is 10.3. The van der Waals surface area contributed by atoms with Gasteiger partial charge in [0.1, 0.15) is 18.2 Å². The molecule has 0 spiro atoms. The van der Waals surface area contributed by atoms with E-state index in [1.54, 1.807) is 13.0 Å². The van der Waals surface area contributed by atoms with Gasteiger partial charge in [0.25, 0.3) is 5.69 Å². The van der Waals surface area contributed by atoms with Crippen LogP contribution in [0.25, 0.3) is 0 Å². The van der Waals surface area contributed by atoms with Gasteiger partial charge in [-0.2, -0.15) is 9.97 Å². The number of anilines is 3. The molecule has 162 valence electrons. The number of nitrogens with zero attached hydrogens (tertiary/aromatic N) is 3. The van der Waals surface area contributed by atoms with Gasteiger partial charge in [0.15, 0.2) is 0 Å². The standard InChI is InChI=1S/C19H20N6O6/c1-3-30-18(27)14-12(8-31-9(2)26)22-17-15(16(20)23-19(21)24-17)13(14)10-5-4-6-11(7-10)25(28)29/h4-7,13H,3,8H2,1-2H3,(H5,20,21,22,23,24). The first kappa shape index (κ1) is 21.5. The number of nitrogens with two attached hydrogens (primary N) is 2. The van der Waals surface area contributed by atoms with Crippen molar-refractivity contribution in [2.75, 3.05) is 30.0 Å². The summed E-state index contributed by atoms with van der Waals surface area (Å²) in [5.41, 5.74) is 12.6. The van der Waals surface area contributed by atoms with Crippen LogP contribution in [0.2, 0.25) is 0 Å². The lowest BCUT2D eigenvalue weighted by molar-refractivity contribution is -0.384. The molecule has 1 aliphatic rings. The van der Waals surface area contributed by atoms with Crippen LogP contribution in [-0.2, 0) is 19.1 Å². The number of ether oxygens (including phenoxy) is 2. The summed E-state index contributed by atoms with van der Waals surface area (Å²) in [5.74, 6) is -2.15. The van der Waals surface area contributed by atoms with Gasteiger partial charge in [0.2, 0.25) is 5.95 Å². The summed E-state index contributed by atoms with van der Waals surface area (Å²) in [6, 6.07) is 5.73. The second kappa shape index (κ2) is 8.65. The molecule has 0 aliphatic carbocycles. The number of esters is 2. The first-order chi connectivity index (χ1) is 14.7. The fourth-order valence-electron chi connectivity index (χ4n) is 3.30. The van der Waals surface area contributed by atoms with Crippen molar-refractivity contribution in [1.29, 1.82) is 0 Å². The first-order valence-electron chi connectivity index (χ1n) is 9.20. The Hall–Kier alpha value is -4.22. The second-order valence-corrected chi connectivity index (χ2v) is 6.53. The lowest BCUT2D eigenvalue weighted by Gasteiger charge is -2.30. The molecule has 12 nitrogen and oxygen atoms in total. The van der Waals surface area contributed by atoms with E-state index in [0.29, 0.717) is 11.1 Å². The smallest absolute Gasteiger partial charge is 0.336 e. The van der Waals surface area contributed by atoms with Crippen LogP contribution < -0.4 is 16.8 Å². The highest BCUT2D eigenvalue weighted by Crippen LogP contribution is 2.44. The molecule has 31 heavy (non-hydrogen) atoms. The molecule has 2 aromatic rings. The number of nitro groups is 1. The third-order valence-corrected chi connectivity index (χ3v) is 4.49. The summed E-state index contributed by atoms with van der Waals surface area (Å²) >= 11 is 0. The second-order valence-electron chi connectivity index (χ2n) is 6.53. The number of nitrogens with one attached hydrogen (secondary N) is 1. The van der Waals surface area contributed by atoms with E-state index < -0.39 is 22.8 Å². The zero-order valence-electron chi connectivity index (χ0n) is 16.7. The molecule has 0 radical (unpaired) electrons. The van der Waals surface area contributed by atoms with Crippen molar-refractivity contribution in [2.45, 2.75) is 19.8 Å². The maximum atomic E-state index is 12.9. The molecular formula is C19H20N6O6. The van der Waals surface area contributed by atoms with Crippen LogP contribution in [0.5, 0.6) is 0 Å². The lowest BCUT2D eigenvalue weighted by atomic mass is 9.81. The molecule has 2 heterocycles. The van der Waals surface area contributed by atoms with E-state index in [-0.39, 0.29) is 47.8 Å². The average Bonchev–Trinajstić information content (AvgIpc) is 2.71. The van der Waals surface area contributed by atoms with Gasteiger partial charge in [-0.05, 0) is 12.5 Å². The minimum atomic E-state index is -0.929. The fraction of sp³-hybridized carbons (Fsp3) is 0.263. The van der Waals surface area contributed by atoms with Crippen LogP contribution in [0.15, 0.2) is 35.5 Å². The van der Waals surface area contributed by atoms with Crippen LogP contribution >= 0.6 is 0 Å². The molecule has 3 rings (SSSR count). The summed E-state index contributed by atoms with van der Waals surface area (Å²) in [6.45, 7) is 2.63. The quantitative estimate of drug-likeness (QED) is 0.344. The Balaban J connectivity index is 2.29. The average molecular weight is 428 g/mol. The van der Waals surface area contributed by atoms with Crippen molar-refractivity contribution < 1.29 is 24.0 Å². The number of carbonyl (C=O) groups excluding carboxylic acids is 2. The monoisotopic (exact) mass is 428 g/mol. The molecule has 0 saturated carbocycles. The molecule has 1 aromatic carbocycles. The summed E-state index contributed by atoms with van der Waals surface area (Å²) in [4.78, 5) is 43.2. The van der Waals surface area contributed by atoms with Crippen molar-refractivity contribution in [3.63, 3.8) is 0 Å². The number of nitro benzene ring substituents is 1. The summed E-state index contributed by atoms with van der Waals surface area (Å²) in [5, 5.41) is 14.2. The minimum Gasteiger partial charge on any atom is -0.463 e. The largest absolute Gasteiger partial charge is 0.463 e. The van der Waals surface area contributed by atoms with E-state index in [1.807, 2.05) is 0 Å². The molecule has 1 aromatic heterocycles. The Kier molecular flexibility index (Phi) is 6.00. The molecule has 1 atom stereocenters. The maximum absolute atomic E-state index is 12.9. The van der Waals surface area contributed by atoms with Gasteiger partial charge in [0.05, 0.1) is 28.7 Å². The van der Waals surface area contributed by atoms with E-state index in [0.717, 1.165) is 0 Å². The number of fused-ring (bicyclic) bond motifs is 1. The zero-order valence-corrected chi connectivity index (χ0v) is 16.7. The van der Waals surface area contributed by atoms with Crippen molar-refractivity contribution in [3.8, 4) is 0 Å². The zero-order chi connectivity index (χ0) is 22.7. The Bertz CT molecular complexity index is 1100. The van der Waals surface area contributed by atoms with Crippen LogP contribution in [-0.4, -0.2) is 40.0 Å². The van der Waals surface area contributed by atoms with E-state index in [4.69, 9.17) is 20.9 Å². The van der Waals surface area contributed by atoms with Gasteiger partial charge in [-0.3, -0.25) is 14.9 Å². The molecule has 5 N–H and O–H groups in total. The highest BCUT2D eigenvalue weighted by molar-refractivity contribution is 5.95. The molecule has 1 unspecified atom stereocenters. The van der Waals surface area contributed by atoms with Gasteiger partial charge >= 0.3 is 11.9 Å². The normalized spacial score (nSPS) is 15.0. The van der Waals surface area contributed by atoms with E-state index in [1.165, 1.54) is 25.1 Å². The van der Waals surface area contributed by atoms with Gasteiger partial charge in [-0.1, -0.05) is 12.1 Å². The number of nitrogen functional groups attached to an aromatic ring is 2. The molecule has 1 aliphatic heterocycles. The van der Waals surface area contributed by atoms with Crippen LogP contribution in [0, 0.1) is 10.1 Å². The van der Waals surface area contributed by atoms with Crippen molar-refractivity contribution >= 4 is 35.2 Å². The number of rotatable bonds is 6. The van der Waals surface area contributed by atoms with Gasteiger partial charge in [-0.15, -0.1) is 0 Å². The predicted molar refractivity (Wildman–Crippen MR) is 110 cm³/mol. The predicted octanol–water partition coefficient (Wildman–Crippen LogP) is 1.49. The Morgan fingerprint density at radius 3 is 2.65 bits per heavy atom. The molecule has 0 amide bonds. The first-order valence-corrected chi connectivity index (χ1v) is 9.20. The molecule has 12 heteroatoms. The number of aromatic nitrogens is 2. The fourth-order valence-corrected chi connectivity index (χ4v) is 3.30. The Morgan fingerprint density at radius 1 is 1.26 bits per heavy atom. The molecule has 0 bridgehead atoms. The highest BCUT2D eigenvalue weighted by Gasteiger charge is 2.38. The highest BCUT2D eigenvalue weighted by atomic mass is 16.6. The lowest BCUT2D eigenvalue weighted by Crippen LogP contribution is -2.29. The summed E-state index contributed by atoms with van der Waals surface area (Å²) in [6.07, 6.45) is 0. The van der Waals surface area contributed by atoms with E-state index in [9.17, 15) is 19.7 Å². The SMILES string of the molecule is CCOC(=O)C1=C(COC(C)=O)Nc2nc(N)nc(N)c2C1c1cccc([N+](=O)[O-])c1. The third-order valence-electron chi connectivity index (χ3n) is 4.49. The molecule has 0 fully saturated rings. The van der Waals surface area contributed by atoms with Gasteiger partial charge in [-0.25, -0.2) is 4.79 Å². The minimum absolute atomic E-state index is 0.0140. The van der Waals surface area contributed by atoms with Crippen molar-refractivity contribution in [3.05, 3.63) is 56.8 Å². The number of hydrogen-bond donors (Lipinski definition) is 3. The molecule has 0 saturated heterocycles. The molecular weight excluding hydrogens is 408 g/mol.